The molecule has 1 atom stereocenters. The number of nitro groups is 1. The zero-order valence-corrected chi connectivity index (χ0v) is 11.4. The van der Waals surface area contributed by atoms with E-state index < -0.39 is 4.92 Å². The second-order valence-electron chi connectivity index (χ2n) is 4.11. The number of rotatable bonds is 2. The Labute approximate surface area is 114 Å². The van der Waals surface area contributed by atoms with Crippen molar-refractivity contribution in [2.24, 2.45) is 5.73 Å². The van der Waals surface area contributed by atoms with E-state index in [0.717, 1.165) is 6.42 Å². The van der Waals surface area contributed by atoms with Crippen LogP contribution in [0.2, 0.25) is 0 Å². The lowest BCUT2D eigenvalue weighted by Crippen LogP contribution is -2.31. The molecule has 100 valence electrons. The topological polar surface area (TPSA) is 89.5 Å². The van der Waals surface area contributed by atoms with E-state index in [2.05, 4.69) is 0 Å². The second kappa shape index (κ2) is 5.64. The Balaban J connectivity index is 0.00000162. The molecule has 1 aromatic heterocycles. The van der Waals surface area contributed by atoms with Crippen LogP contribution in [0.5, 0.6) is 0 Å². The summed E-state index contributed by atoms with van der Waals surface area (Å²) in [6, 6.07) is 1.38. The summed E-state index contributed by atoms with van der Waals surface area (Å²) < 4.78 is 0. The second-order valence-corrected chi connectivity index (χ2v) is 5.37. The number of hydrogen-bond acceptors (Lipinski definition) is 5. The van der Waals surface area contributed by atoms with Crippen molar-refractivity contribution in [2.75, 3.05) is 13.1 Å². The largest absolute Gasteiger partial charge is 0.336 e. The predicted octanol–water partition coefficient (Wildman–Crippen LogP) is 1.56. The summed E-state index contributed by atoms with van der Waals surface area (Å²) in [4.78, 5) is 24.9. The van der Waals surface area contributed by atoms with Gasteiger partial charge in [0.15, 0.2) is 0 Å². The van der Waals surface area contributed by atoms with Crippen LogP contribution in [-0.2, 0) is 0 Å². The molecule has 2 N–H and O–H groups in total. The van der Waals surface area contributed by atoms with Crippen molar-refractivity contribution < 1.29 is 9.72 Å². The van der Waals surface area contributed by atoms with Crippen molar-refractivity contribution >= 4 is 35.3 Å². The molecule has 2 rings (SSSR count). The van der Waals surface area contributed by atoms with Gasteiger partial charge in [0.1, 0.15) is 0 Å². The van der Waals surface area contributed by atoms with Gasteiger partial charge in [0.05, 0.1) is 14.7 Å². The highest BCUT2D eigenvalue weighted by Gasteiger charge is 2.27. The smallest absolute Gasteiger partial charge is 0.283 e. The number of likely N-dealkylation sites (tertiary alicyclic amines) is 1. The molecule has 1 amide bonds. The Morgan fingerprint density at radius 1 is 1.67 bits per heavy atom. The van der Waals surface area contributed by atoms with Crippen LogP contribution in [0.4, 0.5) is 5.69 Å². The average Bonchev–Trinajstić information content (AvgIpc) is 2.83. The number of thiophene rings is 1. The minimum atomic E-state index is -0.460. The molecule has 0 radical (unpaired) electrons. The molecule has 2 heterocycles. The van der Waals surface area contributed by atoms with Crippen molar-refractivity contribution in [1.29, 1.82) is 0 Å². The molecule has 0 spiro atoms. The standard InChI is InChI=1S/C10H13N3O3S.ClH/c1-6-8(13(15)16)4-9(17-6)10(14)12-3-2-7(11)5-12;/h4,7H,2-3,5,11H2,1H3;1H/t7-;/m1./s1. The molecule has 6 nitrogen and oxygen atoms in total. The first kappa shape index (κ1) is 14.9. The van der Waals surface area contributed by atoms with E-state index in [-0.39, 0.29) is 30.0 Å². The van der Waals surface area contributed by atoms with Gasteiger partial charge in [0.25, 0.3) is 11.6 Å². The molecular weight excluding hydrogens is 278 g/mol. The van der Waals surface area contributed by atoms with Gasteiger partial charge in [-0.3, -0.25) is 14.9 Å². The zero-order valence-electron chi connectivity index (χ0n) is 9.79. The van der Waals surface area contributed by atoms with E-state index in [4.69, 9.17) is 5.73 Å². The fourth-order valence-electron chi connectivity index (χ4n) is 1.89. The maximum atomic E-state index is 12.0. The van der Waals surface area contributed by atoms with Crippen molar-refractivity contribution in [2.45, 2.75) is 19.4 Å². The lowest BCUT2D eigenvalue weighted by molar-refractivity contribution is -0.385. The minimum Gasteiger partial charge on any atom is -0.336 e. The maximum absolute atomic E-state index is 12.0. The molecule has 1 aliphatic heterocycles. The third-order valence-corrected chi connectivity index (χ3v) is 3.84. The van der Waals surface area contributed by atoms with E-state index in [1.165, 1.54) is 17.4 Å². The third kappa shape index (κ3) is 2.80. The predicted molar refractivity (Wildman–Crippen MR) is 71.5 cm³/mol. The number of hydrogen-bond donors (Lipinski definition) is 1. The molecule has 0 aromatic carbocycles. The van der Waals surface area contributed by atoms with Crippen molar-refractivity contribution in [3.05, 3.63) is 25.9 Å². The highest BCUT2D eigenvalue weighted by molar-refractivity contribution is 7.14. The first-order chi connectivity index (χ1) is 7.99. The number of carbonyl (C=O) groups is 1. The van der Waals surface area contributed by atoms with Gasteiger partial charge < -0.3 is 10.6 Å². The molecule has 1 aliphatic rings. The molecule has 1 aromatic rings. The van der Waals surface area contributed by atoms with Crippen molar-refractivity contribution in [1.82, 2.24) is 4.90 Å². The van der Waals surface area contributed by atoms with E-state index in [0.29, 0.717) is 22.8 Å². The van der Waals surface area contributed by atoms with Gasteiger partial charge in [0.2, 0.25) is 0 Å². The average molecular weight is 292 g/mol. The summed E-state index contributed by atoms with van der Waals surface area (Å²) in [5.41, 5.74) is 5.74. The highest BCUT2D eigenvalue weighted by Crippen LogP contribution is 2.29. The van der Waals surface area contributed by atoms with Crippen LogP contribution >= 0.6 is 23.7 Å². The van der Waals surface area contributed by atoms with Crippen LogP contribution in [-0.4, -0.2) is 34.9 Å². The van der Waals surface area contributed by atoms with Crippen LogP contribution in [0.3, 0.4) is 0 Å². The Morgan fingerprint density at radius 3 is 2.78 bits per heavy atom. The molecular formula is C10H14ClN3O3S. The van der Waals surface area contributed by atoms with Gasteiger partial charge in [-0.25, -0.2) is 0 Å². The van der Waals surface area contributed by atoms with Crippen LogP contribution in [0.15, 0.2) is 6.07 Å². The summed E-state index contributed by atoms with van der Waals surface area (Å²) in [6.45, 7) is 2.81. The number of nitrogens with zero attached hydrogens (tertiary/aromatic N) is 2. The number of carbonyl (C=O) groups excluding carboxylic acids is 1. The van der Waals surface area contributed by atoms with Gasteiger partial charge in [0, 0.05) is 25.2 Å². The molecule has 0 unspecified atom stereocenters. The fourth-order valence-corrected chi connectivity index (χ4v) is 2.84. The van der Waals surface area contributed by atoms with Crippen LogP contribution < -0.4 is 5.73 Å². The van der Waals surface area contributed by atoms with Crippen molar-refractivity contribution in [3.63, 3.8) is 0 Å². The summed E-state index contributed by atoms with van der Waals surface area (Å²) in [5.74, 6) is -0.154. The molecule has 1 fully saturated rings. The lowest BCUT2D eigenvalue weighted by atomic mass is 10.3. The Bertz CT molecular complexity index is 477. The first-order valence-corrected chi connectivity index (χ1v) is 6.10. The molecule has 0 bridgehead atoms. The van der Waals surface area contributed by atoms with E-state index >= 15 is 0 Å². The molecule has 0 aliphatic carbocycles. The molecule has 18 heavy (non-hydrogen) atoms. The number of amides is 1. The fraction of sp³-hybridized carbons (Fsp3) is 0.500. The molecule has 8 heteroatoms. The van der Waals surface area contributed by atoms with E-state index in [9.17, 15) is 14.9 Å². The first-order valence-electron chi connectivity index (χ1n) is 5.28. The monoisotopic (exact) mass is 291 g/mol. The SMILES string of the molecule is Cc1sc(C(=O)N2CC[C@@H](N)C2)cc1[N+](=O)[O-].Cl. The zero-order chi connectivity index (χ0) is 12.6. The number of halogens is 1. The summed E-state index contributed by atoms with van der Waals surface area (Å²) in [5, 5.41) is 10.7. The molecule has 0 saturated carbocycles. The lowest BCUT2D eigenvalue weighted by Gasteiger charge is -2.13. The summed E-state index contributed by atoms with van der Waals surface area (Å²) in [7, 11) is 0. The van der Waals surface area contributed by atoms with Gasteiger partial charge in [-0.1, -0.05) is 0 Å². The van der Waals surface area contributed by atoms with E-state index in [1.807, 2.05) is 0 Å². The number of nitrogens with two attached hydrogens (primary N) is 1. The minimum absolute atomic E-state index is 0. The van der Waals surface area contributed by atoms with Gasteiger partial charge >= 0.3 is 0 Å². The maximum Gasteiger partial charge on any atom is 0.283 e. The van der Waals surface area contributed by atoms with E-state index in [1.54, 1.807) is 11.8 Å². The van der Waals surface area contributed by atoms with Gasteiger partial charge in [-0.2, -0.15) is 0 Å². The van der Waals surface area contributed by atoms with Crippen LogP contribution in [0.1, 0.15) is 21.0 Å². The molecule has 1 saturated heterocycles. The third-order valence-electron chi connectivity index (χ3n) is 2.81. The number of aryl methyl sites for hydroxylation is 1. The Hall–Kier alpha value is -1.18. The summed E-state index contributed by atoms with van der Waals surface area (Å²) >= 11 is 1.17. The van der Waals surface area contributed by atoms with Gasteiger partial charge in [-0.15, -0.1) is 23.7 Å². The van der Waals surface area contributed by atoms with Crippen LogP contribution in [0, 0.1) is 17.0 Å². The van der Waals surface area contributed by atoms with Crippen molar-refractivity contribution in [3.8, 4) is 0 Å². The Morgan fingerprint density at radius 2 is 2.33 bits per heavy atom. The van der Waals surface area contributed by atoms with Crippen LogP contribution in [0.25, 0.3) is 0 Å². The van der Waals surface area contributed by atoms with Gasteiger partial charge in [-0.05, 0) is 13.3 Å². The normalized spacial score (nSPS) is 18.6. The quantitative estimate of drug-likeness (QED) is 0.661. The Kier molecular flexibility index (Phi) is 4.66. The highest BCUT2D eigenvalue weighted by atomic mass is 35.5. The summed E-state index contributed by atoms with van der Waals surface area (Å²) in [6.07, 6.45) is 0.790.